The summed E-state index contributed by atoms with van der Waals surface area (Å²) in [5.74, 6) is 0.179. The van der Waals surface area contributed by atoms with Crippen molar-refractivity contribution in [3.05, 3.63) is 0 Å². The van der Waals surface area contributed by atoms with E-state index in [0.717, 1.165) is 0 Å². The highest BCUT2D eigenvalue weighted by atomic mass is 35.5. The van der Waals surface area contributed by atoms with Crippen LogP contribution in [-0.2, 0) is 9.84 Å². The minimum atomic E-state index is -2.99. The van der Waals surface area contributed by atoms with Crippen molar-refractivity contribution < 1.29 is 8.42 Å². The molecule has 0 aromatic carbocycles. The second-order valence-electron chi connectivity index (χ2n) is 2.61. The molecular weight excluding hydrogens is 186 g/mol. The molecule has 1 radical (unpaired) electrons. The lowest BCUT2D eigenvalue weighted by atomic mass is 10.2. The van der Waals surface area contributed by atoms with Crippen LogP contribution in [0.4, 0.5) is 0 Å². The van der Waals surface area contributed by atoms with E-state index in [9.17, 15) is 8.42 Å². The van der Waals surface area contributed by atoms with Crippen LogP contribution in [0.5, 0.6) is 0 Å². The number of halogens is 1. The Kier molecular flexibility index (Phi) is 5.04. The van der Waals surface area contributed by atoms with Gasteiger partial charge in [0.1, 0.15) is 0 Å². The van der Waals surface area contributed by atoms with Gasteiger partial charge in [-0.2, -0.15) is 0 Å². The van der Waals surface area contributed by atoms with Gasteiger partial charge in [-0.25, -0.2) is 8.42 Å². The molecule has 0 bridgehead atoms. The monoisotopic (exact) mass is 198 g/mol. The Hall–Kier alpha value is 0.200. The van der Waals surface area contributed by atoms with Crippen molar-refractivity contribution in [3.8, 4) is 0 Å². The lowest BCUT2D eigenvalue weighted by Gasteiger charge is -2.06. The highest BCUT2D eigenvalue weighted by molar-refractivity contribution is 7.91. The van der Waals surface area contributed by atoms with Gasteiger partial charge in [0.15, 0.2) is 9.84 Å². The van der Waals surface area contributed by atoms with Crippen LogP contribution in [0.15, 0.2) is 0 Å². The molecule has 11 heavy (non-hydrogen) atoms. The largest absolute Gasteiger partial charge is 0.258 e. The molecule has 0 aliphatic heterocycles. The first-order valence-electron chi connectivity index (χ1n) is 3.43. The Balaban J connectivity index is 3.92. The normalized spacial score (nSPS) is 14.8. The van der Waals surface area contributed by atoms with E-state index in [0.29, 0.717) is 0 Å². The van der Waals surface area contributed by atoms with E-state index in [1.54, 1.807) is 6.92 Å². The number of rotatable bonds is 5. The van der Waals surface area contributed by atoms with Gasteiger partial charge in [0, 0.05) is 12.4 Å². The lowest BCUT2D eigenvalue weighted by Crippen LogP contribution is -2.20. The number of alkyl halides is 1. The van der Waals surface area contributed by atoms with Gasteiger partial charge in [0.05, 0.1) is 11.5 Å². The molecule has 0 saturated heterocycles. The molecule has 5 heteroatoms. The average Bonchev–Trinajstić information content (AvgIpc) is 1.86. The zero-order valence-electron chi connectivity index (χ0n) is 6.51. The van der Waals surface area contributed by atoms with E-state index in [2.05, 4.69) is 0 Å². The van der Waals surface area contributed by atoms with Crippen molar-refractivity contribution in [3.63, 3.8) is 0 Å². The summed E-state index contributed by atoms with van der Waals surface area (Å²) in [6.45, 7) is 1.90. The number of sulfone groups is 1. The van der Waals surface area contributed by atoms with E-state index in [4.69, 9.17) is 17.3 Å². The van der Waals surface area contributed by atoms with E-state index < -0.39 is 9.84 Å². The molecule has 0 amide bonds. The highest BCUT2D eigenvalue weighted by Crippen LogP contribution is 2.01. The van der Waals surface area contributed by atoms with E-state index in [1.165, 1.54) is 0 Å². The van der Waals surface area contributed by atoms with Gasteiger partial charge in [0.2, 0.25) is 0 Å². The molecule has 1 unspecified atom stereocenters. The van der Waals surface area contributed by atoms with Gasteiger partial charge in [-0.1, -0.05) is 6.92 Å². The fraction of sp³-hybridized carbons (Fsp3) is 1.00. The van der Waals surface area contributed by atoms with E-state index in [1.807, 2.05) is 0 Å². The lowest BCUT2D eigenvalue weighted by molar-refractivity contribution is 0.573. The topological polar surface area (TPSA) is 57.9 Å². The van der Waals surface area contributed by atoms with E-state index >= 15 is 0 Å². The summed E-state index contributed by atoms with van der Waals surface area (Å²) in [4.78, 5) is 0. The molecule has 3 nitrogen and oxygen atoms in total. The summed E-state index contributed by atoms with van der Waals surface area (Å²) in [7, 11) is -2.99. The number of nitrogens with one attached hydrogen (secondary N) is 1. The SMILES string of the molecule is CC(C[NH])CS(=O)(=O)CCCl. The average molecular weight is 199 g/mol. The molecule has 1 atom stereocenters. The van der Waals surface area contributed by atoms with Crippen LogP contribution in [0.3, 0.4) is 0 Å². The van der Waals surface area contributed by atoms with Crippen molar-refractivity contribution in [1.82, 2.24) is 5.73 Å². The highest BCUT2D eigenvalue weighted by Gasteiger charge is 2.13. The molecule has 0 aliphatic carbocycles. The van der Waals surface area contributed by atoms with Crippen LogP contribution in [-0.4, -0.2) is 32.3 Å². The van der Waals surface area contributed by atoms with Gasteiger partial charge < -0.3 is 0 Å². The molecule has 67 valence electrons. The Bertz CT molecular complexity index is 191. The molecule has 0 aliphatic rings. The smallest absolute Gasteiger partial charge is 0.151 e. The number of hydrogen-bond donors (Lipinski definition) is 0. The summed E-state index contributed by atoms with van der Waals surface area (Å²) < 4.78 is 22.1. The van der Waals surface area contributed by atoms with E-state index in [-0.39, 0.29) is 29.8 Å². The molecule has 0 spiro atoms. The Morgan fingerprint density at radius 2 is 2.09 bits per heavy atom. The van der Waals surface area contributed by atoms with Gasteiger partial charge in [-0.3, -0.25) is 5.73 Å². The van der Waals surface area contributed by atoms with Crippen molar-refractivity contribution >= 4 is 21.4 Å². The third-order valence-corrected chi connectivity index (χ3v) is 3.59. The first kappa shape index (κ1) is 11.2. The van der Waals surface area contributed by atoms with Crippen molar-refractivity contribution in [2.45, 2.75) is 6.92 Å². The summed E-state index contributed by atoms with van der Waals surface area (Å²) in [5.41, 5.74) is 6.92. The molecule has 0 heterocycles. The first-order valence-corrected chi connectivity index (χ1v) is 5.78. The standard InChI is InChI=1S/C6H13ClNO2S/c1-6(4-8)5-11(9,10)3-2-7/h6,8H,2-5H2,1H3. The van der Waals surface area contributed by atoms with Crippen molar-refractivity contribution in [2.24, 2.45) is 5.92 Å². The minimum Gasteiger partial charge on any atom is -0.258 e. The van der Waals surface area contributed by atoms with Crippen molar-refractivity contribution in [1.29, 1.82) is 0 Å². The van der Waals surface area contributed by atoms with Crippen LogP contribution in [0.2, 0.25) is 0 Å². The minimum absolute atomic E-state index is 0.0267. The van der Waals surface area contributed by atoms with Crippen LogP contribution >= 0.6 is 11.6 Å². The summed E-state index contributed by atoms with van der Waals surface area (Å²) >= 11 is 5.29. The van der Waals surface area contributed by atoms with Crippen LogP contribution in [0.25, 0.3) is 0 Å². The summed E-state index contributed by atoms with van der Waals surface area (Å²) in [5, 5.41) is 0. The van der Waals surface area contributed by atoms with Gasteiger partial charge >= 0.3 is 0 Å². The summed E-state index contributed by atoms with van der Waals surface area (Å²) in [6.07, 6.45) is 0. The predicted octanol–water partition coefficient (Wildman–Crippen LogP) is 0.559. The maximum absolute atomic E-state index is 11.0. The Morgan fingerprint density at radius 3 is 2.45 bits per heavy atom. The first-order chi connectivity index (χ1) is 5.02. The third kappa shape index (κ3) is 5.47. The second kappa shape index (κ2) is 4.95. The zero-order chi connectivity index (χ0) is 8.91. The molecule has 0 fully saturated rings. The van der Waals surface area contributed by atoms with Crippen LogP contribution in [0.1, 0.15) is 6.92 Å². The maximum Gasteiger partial charge on any atom is 0.151 e. The zero-order valence-corrected chi connectivity index (χ0v) is 8.08. The van der Waals surface area contributed by atoms with Gasteiger partial charge in [0.25, 0.3) is 0 Å². The van der Waals surface area contributed by atoms with Crippen molar-refractivity contribution in [2.75, 3.05) is 23.9 Å². The quantitative estimate of drug-likeness (QED) is 0.607. The Morgan fingerprint density at radius 1 is 1.55 bits per heavy atom. The molecule has 0 saturated carbocycles. The molecule has 0 rings (SSSR count). The maximum atomic E-state index is 11.0. The molecular formula is C6H13ClNO2S. The molecule has 1 N–H and O–H groups in total. The number of hydrogen-bond acceptors (Lipinski definition) is 2. The van der Waals surface area contributed by atoms with Crippen LogP contribution in [0, 0.1) is 5.92 Å². The fourth-order valence-electron chi connectivity index (χ4n) is 0.693. The van der Waals surface area contributed by atoms with Gasteiger partial charge in [-0.05, 0) is 5.92 Å². The molecule has 0 aromatic heterocycles. The van der Waals surface area contributed by atoms with Crippen LogP contribution < -0.4 is 5.73 Å². The third-order valence-electron chi connectivity index (χ3n) is 1.28. The predicted molar refractivity (Wildman–Crippen MR) is 46.5 cm³/mol. The molecule has 0 aromatic rings. The fourth-order valence-corrected chi connectivity index (χ4v) is 2.79. The summed E-state index contributed by atoms with van der Waals surface area (Å²) in [6, 6.07) is 0. The van der Waals surface area contributed by atoms with Gasteiger partial charge in [-0.15, -0.1) is 11.6 Å². The second-order valence-corrected chi connectivity index (χ2v) is 5.22. The Labute approximate surface area is 72.8 Å².